The lowest BCUT2D eigenvalue weighted by molar-refractivity contribution is -0.129. The van der Waals surface area contributed by atoms with Crippen molar-refractivity contribution in [3.05, 3.63) is 77.2 Å². The Balaban J connectivity index is 1.30. The number of hydrogen-bond donors (Lipinski definition) is 2. The van der Waals surface area contributed by atoms with E-state index in [1.54, 1.807) is 24.1 Å². The van der Waals surface area contributed by atoms with Gasteiger partial charge in [0.25, 0.3) is 5.91 Å². The molecule has 0 saturated carbocycles. The van der Waals surface area contributed by atoms with Crippen LogP contribution >= 0.6 is 0 Å². The molecule has 33 heavy (non-hydrogen) atoms. The van der Waals surface area contributed by atoms with Crippen LogP contribution in [-0.4, -0.2) is 47.0 Å². The lowest BCUT2D eigenvalue weighted by atomic mass is 10.1. The maximum absolute atomic E-state index is 13.4. The number of benzene rings is 2. The lowest BCUT2D eigenvalue weighted by Crippen LogP contribution is -2.32. The van der Waals surface area contributed by atoms with Crippen LogP contribution in [0.25, 0.3) is 11.3 Å². The van der Waals surface area contributed by atoms with Crippen molar-refractivity contribution < 1.29 is 14.0 Å². The molecule has 0 bridgehead atoms. The van der Waals surface area contributed by atoms with Crippen molar-refractivity contribution in [1.82, 2.24) is 20.4 Å². The first-order valence-corrected chi connectivity index (χ1v) is 11.3. The van der Waals surface area contributed by atoms with Crippen molar-refractivity contribution in [2.75, 3.05) is 20.1 Å². The molecule has 0 atom stereocenters. The molecule has 0 radical (unpaired) electrons. The molecule has 0 aliphatic heterocycles. The lowest BCUT2D eigenvalue weighted by Gasteiger charge is -2.17. The largest absolute Gasteiger partial charge is 0.352 e. The minimum absolute atomic E-state index is 0.0217. The molecule has 1 heterocycles. The predicted octanol–water partition coefficient (Wildman–Crippen LogP) is 4.52. The SMILES string of the molecule is Cc1ccccc1C(=O)NCCC(=O)N(C)CCCCCc1cc(-c2cccc(F)c2)n[nH]1. The van der Waals surface area contributed by atoms with Gasteiger partial charge in [0, 0.05) is 43.4 Å². The van der Waals surface area contributed by atoms with E-state index in [-0.39, 0.29) is 24.1 Å². The normalized spacial score (nSPS) is 10.8. The van der Waals surface area contributed by atoms with Crippen molar-refractivity contribution in [3.8, 4) is 11.3 Å². The highest BCUT2D eigenvalue weighted by Gasteiger charge is 2.11. The minimum Gasteiger partial charge on any atom is -0.352 e. The van der Waals surface area contributed by atoms with Crippen LogP contribution in [-0.2, 0) is 11.2 Å². The number of hydrogen-bond acceptors (Lipinski definition) is 3. The summed E-state index contributed by atoms with van der Waals surface area (Å²) in [6.07, 6.45) is 3.99. The maximum atomic E-state index is 13.4. The number of aryl methyl sites for hydroxylation is 2. The van der Waals surface area contributed by atoms with E-state index in [9.17, 15) is 14.0 Å². The summed E-state index contributed by atoms with van der Waals surface area (Å²) in [6, 6.07) is 15.8. The highest BCUT2D eigenvalue weighted by Crippen LogP contribution is 2.19. The molecule has 1 aromatic heterocycles. The van der Waals surface area contributed by atoms with Gasteiger partial charge in [0.05, 0.1) is 5.69 Å². The first kappa shape index (κ1) is 24.2. The van der Waals surface area contributed by atoms with E-state index in [1.165, 1.54) is 12.1 Å². The van der Waals surface area contributed by atoms with Gasteiger partial charge in [0.15, 0.2) is 0 Å². The standard InChI is InChI=1S/C26H31FN4O2/c1-19-9-5-6-13-23(19)26(33)28-15-14-25(32)31(2)16-7-3-4-12-22-18-24(30-29-22)20-10-8-11-21(27)17-20/h5-6,8-11,13,17-18H,3-4,7,12,14-16H2,1-2H3,(H,28,33)(H,29,30). The summed E-state index contributed by atoms with van der Waals surface area (Å²) < 4.78 is 13.4. The molecule has 3 rings (SSSR count). The van der Waals surface area contributed by atoms with Gasteiger partial charge in [-0.15, -0.1) is 0 Å². The van der Waals surface area contributed by atoms with Gasteiger partial charge in [0.2, 0.25) is 5.91 Å². The minimum atomic E-state index is -0.274. The van der Waals surface area contributed by atoms with Crippen LogP contribution in [0.4, 0.5) is 4.39 Å². The van der Waals surface area contributed by atoms with Crippen molar-refractivity contribution >= 4 is 11.8 Å². The molecule has 0 aliphatic rings. The van der Waals surface area contributed by atoms with Gasteiger partial charge in [-0.3, -0.25) is 14.7 Å². The smallest absolute Gasteiger partial charge is 0.251 e. The van der Waals surface area contributed by atoms with Crippen molar-refractivity contribution in [3.63, 3.8) is 0 Å². The highest BCUT2D eigenvalue weighted by molar-refractivity contribution is 5.95. The molecule has 174 valence electrons. The molecule has 0 aliphatic carbocycles. The van der Waals surface area contributed by atoms with Crippen LogP contribution in [0.1, 0.15) is 47.3 Å². The first-order chi connectivity index (χ1) is 15.9. The molecule has 6 nitrogen and oxygen atoms in total. The molecule has 0 spiro atoms. The number of carbonyl (C=O) groups excluding carboxylic acids is 2. The van der Waals surface area contributed by atoms with E-state index in [1.807, 2.05) is 37.3 Å². The predicted molar refractivity (Wildman–Crippen MR) is 127 cm³/mol. The number of aromatic nitrogens is 2. The van der Waals surface area contributed by atoms with Crippen molar-refractivity contribution in [2.45, 2.75) is 39.0 Å². The quantitative estimate of drug-likeness (QED) is 0.422. The van der Waals surface area contributed by atoms with Gasteiger partial charge < -0.3 is 10.2 Å². The molecule has 2 amide bonds. The highest BCUT2D eigenvalue weighted by atomic mass is 19.1. The van der Waals surface area contributed by atoms with Crippen LogP contribution in [0.2, 0.25) is 0 Å². The molecule has 2 N–H and O–H groups in total. The van der Waals surface area contributed by atoms with Crippen molar-refractivity contribution in [1.29, 1.82) is 0 Å². The van der Waals surface area contributed by atoms with Crippen LogP contribution in [0.15, 0.2) is 54.6 Å². The number of nitrogens with one attached hydrogen (secondary N) is 2. The summed E-state index contributed by atoms with van der Waals surface area (Å²) in [4.78, 5) is 26.2. The Morgan fingerprint density at radius 3 is 2.67 bits per heavy atom. The van der Waals surface area contributed by atoms with Gasteiger partial charge >= 0.3 is 0 Å². The zero-order valence-electron chi connectivity index (χ0n) is 19.2. The van der Waals surface area contributed by atoms with E-state index in [0.717, 1.165) is 48.2 Å². The number of amides is 2. The summed E-state index contributed by atoms with van der Waals surface area (Å²) in [5.41, 5.74) is 4.07. The van der Waals surface area contributed by atoms with Crippen LogP contribution in [0, 0.1) is 12.7 Å². The molecule has 0 unspecified atom stereocenters. The summed E-state index contributed by atoms with van der Waals surface area (Å²) >= 11 is 0. The second kappa shape index (κ2) is 11.9. The molecule has 0 saturated heterocycles. The molecular formula is C26H31FN4O2. The Morgan fingerprint density at radius 1 is 1.06 bits per heavy atom. The fourth-order valence-corrected chi connectivity index (χ4v) is 3.65. The third-order valence-electron chi connectivity index (χ3n) is 5.63. The van der Waals surface area contributed by atoms with Gasteiger partial charge in [-0.2, -0.15) is 5.10 Å². The Bertz CT molecular complexity index is 1080. The van der Waals surface area contributed by atoms with Crippen LogP contribution < -0.4 is 5.32 Å². The van der Waals surface area contributed by atoms with E-state index < -0.39 is 0 Å². The number of unbranched alkanes of at least 4 members (excludes halogenated alkanes) is 2. The van der Waals surface area contributed by atoms with Gasteiger partial charge in [-0.05, 0) is 56.0 Å². The fourth-order valence-electron chi connectivity index (χ4n) is 3.65. The average Bonchev–Trinajstić information content (AvgIpc) is 3.28. The number of nitrogens with zero attached hydrogens (tertiary/aromatic N) is 2. The molecule has 2 aromatic carbocycles. The third-order valence-corrected chi connectivity index (χ3v) is 5.63. The topological polar surface area (TPSA) is 78.1 Å². The fraction of sp³-hybridized carbons (Fsp3) is 0.346. The Morgan fingerprint density at radius 2 is 1.88 bits per heavy atom. The second-order valence-corrected chi connectivity index (χ2v) is 8.24. The van der Waals surface area contributed by atoms with Crippen LogP contribution in [0.5, 0.6) is 0 Å². The molecular weight excluding hydrogens is 419 g/mol. The first-order valence-electron chi connectivity index (χ1n) is 11.3. The van der Waals surface area contributed by atoms with Gasteiger partial charge in [-0.1, -0.05) is 36.8 Å². The van der Waals surface area contributed by atoms with E-state index in [0.29, 0.717) is 18.7 Å². The summed E-state index contributed by atoms with van der Waals surface area (Å²) in [5, 5.41) is 10.1. The van der Waals surface area contributed by atoms with Crippen molar-refractivity contribution in [2.24, 2.45) is 0 Å². The molecule has 7 heteroatoms. The number of aromatic amines is 1. The van der Waals surface area contributed by atoms with E-state index >= 15 is 0 Å². The maximum Gasteiger partial charge on any atom is 0.251 e. The molecule has 0 fully saturated rings. The number of H-pyrrole nitrogens is 1. The third kappa shape index (κ3) is 7.27. The average molecular weight is 451 g/mol. The summed E-state index contributed by atoms with van der Waals surface area (Å²) in [7, 11) is 1.80. The van der Waals surface area contributed by atoms with Gasteiger partial charge in [-0.25, -0.2) is 4.39 Å². The monoisotopic (exact) mass is 450 g/mol. The zero-order chi connectivity index (χ0) is 23.6. The summed E-state index contributed by atoms with van der Waals surface area (Å²) in [6.45, 7) is 2.90. The number of halogens is 1. The Labute approximate surface area is 194 Å². The number of rotatable bonds is 11. The van der Waals surface area contributed by atoms with E-state index in [4.69, 9.17) is 0 Å². The Hall–Kier alpha value is -3.48. The zero-order valence-corrected chi connectivity index (χ0v) is 19.2. The van der Waals surface area contributed by atoms with Crippen LogP contribution in [0.3, 0.4) is 0 Å². The van der Waals surface area contributed by atoms with E-state index in [2.05, 4.69) is 15.5 Å². The number of carbonyl (C=O) groups is 2. The second-order valence-electron chi connectivity index (χ2n) is 8.24. The summed E-state index contributed by atoms with van der Waals surface area (Å²) in [5.74, 6) is -0.402. The Kier molecular flexibility index (Phi) is 8.75. The van der Waals surface area contributed by atoms with Gasteiger partial charge in [0.1, 0.15) is 5.82 Å². The molecule has 3 aromatic rings.